The molecule has 0 aromatic rings. The Morgan fingerprint density at radius 3 is 1.28 bits per heavy atom. The topological polar surface area (TPSA) is 170 Å². The number of nitrogens with zero attached hydrogens (tertiary/aromatic N) is 2. The molecule has 2 atom stereocenters. The highest BCUT2D eigenvalue weighted by molar-refractivity contribution is 8.76. The molecule has 0 aliphatic rings. The van der Waals surface area contributed by atoms with Crippen LogP contribution in [0.25, 0.3) is 0 Å². The maximum absolute atomic E-state index is 13.0. The molecule has 2 N–H and O–H groups in total. The van der Waals surface area contributed by atoms with E-state index in [1.54, 1.807) is 0 Å². The van der Waals surface area contributed by atoms with E-state index in [0.717, 1.165) is 77.0 Å². The Bertz CT molecular complexity index is 1120. The zero-order valence-corrected chi connectivity index (χ0v) is 38.4. The van der Waals surface area contributed by atoms with Gasteiger partial charge in [0.15, 0.2) is 0 Å². The molecule has 0 heterocycles. The Hall–Kier alpha value is -2.56. The highest BCUT2D eigenvalue weighted by Crippen LogP contribution is 2.24. The number of nitrogens with one attached hydrogen (secondary N) is 2. The van der Waals surface area contributed by atoms with Gasteiger partial charge in [0.1, 0.15) is 31.9 Å². The number of unbranched alkanes of at least 4 members (excludes halogenated alkanes) is 13. The third-order valence-corrected chi connectivity index (χ3v) is 11.4. The summed E-state index contributed by atoms with van der Waals surface area (Å²) in [6.45, 7) is 6.03. The van der Waals surface area contributed by atoms with E-state index in [4.69, 9.17) is 18.9 Å². The van der Waals surface area contributed by atoms with Crippen LogP contribution < -0.4 is 10.6 Å². The van der Waals surface area contributed by atoms with Gasteiger partial charge < -0.3 is 39.4 Å². The summed E-state index contributed by atoms with van der Waals surface area (Å²) in [6.07, 6.45) is 16.8. The van der Waals surface area contributed by atoms with Crippen molar-refractivity contribution in [3.05, 3.63) is 0 Å². The van der Waals surface area contributed by atoms with Crippen LogP contribution in [-0.4, -0.2) is 137 Å². The van der Waals surface area contributed by atoms with Crippen molar-refractivity contribution in [2.24, 2.45) is 0 Å². The van der Waals surface area contributed by atoms with Gasteiger partial charge in [-0.25, -0.2) is 9.59 Å². The Balaban J connectivity index is 4.85. The molecule has 16 heteroatoms. The van der Waals surface area contributed by atoms with Gasteiger partial charge in [0.05, 0.1) is 13.0 Å². The normalized spacial score (nSPS) is 12.2. The van der Waals surface area contributed by atoms with Crippen LogP contribution in [0.5, 0.6) is 0 Å². The van der Waals surface area contributed by atoms with Crippen molar-refractivity contribution < 1.29 is 47.7 Å². The van der Waals surface area contributed by atoms with Crippen LogP contribution in [0.3, 0.4) is 0 Å². The average Bonchev–Trinajstić information content (AvgIpc) is 3.17. The van der Waals surface area contributed by atoms with E-state index < -0.39 is 29.9 Å². The minimum atomic E-state index is -0.971. The van der Waals surface area contributed by atoms with Crippen LogP contribution in [0.2, 0.25) is 0 Å². The average molecular weight is 863 g/mol. The van der Waals surface area contributed by atoms with Gasteiger partial charge in [-0.15, -0.1) is 0 Å². The Morgan fingerprint density at radius 1 is 0.448 bits per heavy atom. The third kappa shape index (κ3) is 35.4. The van der Waals surface area contributed by atoms with E-state index >= 15 is 0 Å². The largest absolute Gasteiger partial charge is 0.466 e. The minimum Gasteiger partial charge on any atom is -0.466 e. The molecule has 0 saturated carbocycles. The number of amides is 2. The van der Waals surface area contributed by atoms with Gasteiger partial charge >= 0.3 is 23.9 Å². The number of carbonyl (C=O) groups is 6. The van der Waals surface area contributed by atoms with Gasteiger partial charge in [-0.2, -0.15) is 0 Å². The van der Waals surface area contributed by atoms with Gasteiger partial charge in [0.2, 0.25) is 11.8 Å². The molecule has 0 saturated heterocycles. The molecular formula is C42H78N4O10S2. The number of hydrogen-bond donors (Lipinski definition) is 2. The molecule has 14 nitrogen and oxygen atoms in total. The molecule has 58 heavy (non-hydrogen) atoms. The quantitative estimate of drug-likeness (QED) is 0.0298. The number of carbonyl (C=O) groups excluding carboxylic acids is 6. The lowest BCUT2D eigenvalue weighted by molar-refractivity contribution is -0.148. The molecule has 0 aliphatic carbocycles. The molecule has 0 aliphatic heterocycles. The summed E-state index contributed by atoms with van der Waals surface area (Å²) < 4.78 is 21.4. The predicted molar refractivity (Wildman–Crippen MR) is 233 cm³/mol. The summed E-state index contributed by atoms with van der Waals surface area (Å²) in [4.78, 5) is 79.3. The molecule has 0 unspecified atom stereocenters. The van der Waals surface area contributed by atoms with E-state index in [1.165, 1.54) is 40.9 Å². The lowest BCUT2D eigenvalue weighted by Gasteiger charge is -2.20. The second-order valence-electron chi connectivity index (χ2n) is 15.1. The molecule has 0 spiro atoms. The lowest BCUT2D eigenvalue weighted by atomic mass is 10.1. The van der Waals surface area contributed by atoms with E-state index in [9.17, 15) is 28.8 Å². The first-order valence-electron chi connectivity index (χ1n) is 21.7. The SMILES string of the molecule is CCCCCCCC(=O)OCCCCCCCCC(=O)N[C@@H](CSSC[C@H](NC(=O)CCOC(=O)CCCCCCC)C(=O)OCCN(C)C)C(=O)OCCN(C)C. The Kier molecular flexibility index (Phi) is 36.9. The Labute approximate surface area is 357 Å². The molecule has 0 fully saturated rings. The first kappa shape index (κ1) is 55.4. The molecule has 338 valence electrons. The summed E-state index contributed by atoms with van der Waals surface area (Å²) >= 11 is 0. The standard InChI is InChI=1S/C42H78N4O10S2/c1-7-9-11-15-20-24-39(49)53-29-22-18-14-13-17-19-23-37(47)43-35(41(51)55-31-27-45(3)4)33-57-58-34-36(42(52)56-32-28-46(5)6)44-38(48)26-30-54-40(50)25-21-16-12-10-8-2/h35-36H,7-34H2,1-6H3,(H,43,47)(H,44,48)/t35-,36-/m0/s1. The first-order chi connectivity index (χ1) is 27.9. The monoisotopic (exact) mass is 863 g/mol. The fourth-order valence-corrected chi connectivity index (χ4v) is 7.69. The van der Waals surface area contributed by atoms with Crippen molar-refractivity contribution in [2.45, 2.75) is 154 Å². The van der Waals surface area contributed by atoms with Crippen molar-refractivity contribution in [3.8, 4) is 0 Å². The summed E-state index contributed by atoms with van der Waals surface area (Å²) in [5.74, 6) is -1.94. The van der Waals surface area contributed by atoms with E-state index in [-0.39, 0.29) is 62.0 Å². The number of esters is 4. The summed E-state index contributed by atoms with van der Waals surface area (Å²) in [7, 11) is 10.00. The zero-order valence-electron chi connectivity index (χ0n) is 36.7. The smallest absolute Gasteiger partial charge is 0.329 e. The highest BCUT2D eigenvalue weighted by atomic mass is 33.1. The summed E-state index contributed by atoms with van der Waals surface area (Å²) in [6, 6.07) is -1.87. The lowest BCUT2D eigenvalue weighted by Crippen LogP contribution is -2.45. The molecular weight excluding hydrogens is 785 g/mol. The fraction of sp³-hybridized carbons (Fsp3) is 0.857. The number of likely N-dealkylation sites (N-methyl/N-ethyl adjacent to an activating group) is 2. The fourth-order valence-electron chi connectivity index (χ4n) is 5.39. The number of ether oxygens (including phenoxy) is 4. The molecule has 0 aromatic heterocycles. The van der Waals surface area contributed by atoms with Crippen LogP contribution in [0, 0.1) is 0 Å². The molecule has 0 rings (SSSR count). The maximum atomic E-state index is 13.0. The van der Waals surface area contributed by atoms with Crippen LogP contribution in [0.15, 0.2) is 0 Å². The van der Waals surface area contributed by atoms with Gasteiger partial charge in [-0.3, -0.25) is 19.2 Å². The Morgan fingerprint density at radius 2 is 0.828 bits per heavy atom. The molecule has 0 bridgehead atoms. The van der Waals surface area contributed by atoms with Crippen molar-refractivity contribution in [1.29, 1.82) is 0 Å². The first-order valence-corrected chi connectivity index (χ1v) is 24.1. The van der Waals surface area contributed by atoms with Gasteiger partial charge in [-0.1, -0.05) is 112 Å². The van der Waals surface area contributed by atoms with E-state index in [2.05, 4.69) is 24.5 Å². The zero-order chi connectivity index (χ0) is 43.2. The molecule has 2 amide bonds. The van der Waals surface area contributed by atoms with Gasteiger partial charge in [0.25, 0.3) is 0 Å². The van der Waals surface area contributed by atoms with Crippen molar-refractivity contribution >= 4 is 57.3 Å². The van der Waals surface area contributed by atoms with E-state index in [1.807, 2.05) is 38.0 Å². The van der Waals surface area contributed by atoms with Crippen LogP contribution in [0.1, 0.15) is 142 Å². The number of rotatable bonds is 39. The molecule has 0 radical (unpaired) electrons. The van der Waals surface area contributed by atoms with Crippen LogP contribution >= 0.6 is 21.6 Å². The van der Waals surface area contributed by atoms with Gasteiger partial charge in [0, 0.05) is 43.9 Å². The van der Waals surface area contributed by atoms with Crippen molar-refractivity contribution in [2.75, 3.05) is 79.2 Å². The third-order valence-electron chi connectivity index (χ3n) is 8.98. The second-order valence-corrected chi connectivity index (χ2v) is 17.7. The maximum Gasteiger partial charge on any atom is 0.329 e. The van der Waals surface area contributed by atoms with Crippen molar-refractivity contribution in [3.63, 3.8) is 0 Å². The highest BCUT2D eigenvalue weighted by Gasteiger charge is 2.26. The minimum absolute atomic E-state index is 0.0841. The van der Waals surface area contributed by atoms with Gasteiger partial charge in [-0.05, 0) is 53.9 Å². The van der Waals surface area contributed by atoms with E-state index in [0.29, 0.717) is 39.0 Å². The second kappa shape index (κ2) is 38.6. The summed E-state index contributed by atoms with van der Waals surface area (Å²) in [5, 5.41) is 5.53. The predicted octanol–water partition coefficient (Wildman–Crippen LogP) is 6.48. The van der Waals surface area contributed by atoms with Crippen molar-refractivity contribution in [1.82, 2.24) is 20.4 Å². The molecule has 0 aromatic carbocycles. The van der Waals surface area contributed by atoms with Crippen LogP contribution in [0.4, 0.5) is 0 Å². The number of hydrogen-bond acceptors (Lipinski definition) is 14. The summed E-state index contributed by atoms with van der Waals surface area (Å²) in [5.41, 5.74) is 0. The van der Waals surface area contributed by atoms with Crippen LogP contribution in [-0.2, 0) is 47.7 Å².